The molecule has 0 fully saturated rings. The third-order valence-corrected chi connectivity index (χ3v) is 5.00. The van der Waals surface area contributed by atoms with Crippen molar-refractivity contribution in [3.63, 3.8) is 0 Å². The molecular weight excluding hydrogens is 394 g/mol. The lowest BCUT2D eigenvalue weighted by atomic mass is 10.2. The molecule has 2 rings (SSSR count). The molecule has 1 N–H and O–H groups in total. The van der Waals surface area contributed by atoms with Crippen molar-refractivity contribution in [3.05, 3.63) is 38.4 Å². The van der Waals surface area contributed by atoms with E-state index >= 15 is 0 Å². The highest BCUT2D eigenvalue weighted by atomic mass is 79.9. The molecule has 0 radical (unpaired) electrons. The number of nitrogens with one attached hydrogen (secondary N) is 1. The van der Waals surface area contributed by atoms with Crippen LogP contribution in [0.3, 0.4) is 0 Å². The third-order valence-electron chi connectivity index (χ3n) is 3.38. The van der Waals surface area contributed by atoms with E-state index in [0.717, 1.165) is 15.8 Å². The topological polar surface area (TPSA) is 84.1 Å². The maximum absolute atomic E-state index is 12.5. The number of esters is 1. The van der Waals surface area contributed by atoms with Gasteiger partial charge >= 0.3 is 5.97 Å². The molecule has 0 bridgehead atoms. The Kier molecular flexibility index (Phi) is 5.80. The van der Waals surface area contributed by atoms with Crippen LogP contribution in [0.15, 0.2) is 16.7 Å². The lowest BCUT2D eigenvalue weighted by Gasteiger charge is -2.06. The van der Waals surface area contributed by atoms with E-state index in [-0.39, 0.29) is 18.1 Å². The third kappa shape index (κ3) is 3.52. The van der Waals surface area contributed by atoms with Gasteiger partial charge < -0.3 is 14.6 Å². The molecule has 0 aliphatic heterocycles. The number of hydrogen-bond acceptors (Lipinski definition) is 5. The maximum atomic E-state index is 12.5. The van der Waals surface area contributed by atoms with E-state index in [0.29, 0.717) is 27.7 Å². The van der Waals surface area contributed by atoms with Crippen molar-refractivity contribution < 1.29 is 14.3 Å². The molecule has 1 amide bonds. The Morgan fingerprint density at radius 3 is 2.75 bits per heavy atom. The largest absolute Gasteiger partial charge is 0.462 e. The Bertz CT molecular complexity index is 832. The van der Waals surface area contributed by atoms with Crippen molar-refractivity contribution in [2.45, 2.75) is 27.3 Å². The summed E-state index contributed by atoms with van der Waals surface area (Å²) in [5, 5.41) is 12.4. The molecule has 0 atom stereocenters. The molecule has 8 heteroatoms. The lowest BCUT2D eigenvalue weighted by Crippen LogP contribution is -2.16. The van der Waals surface area contributed by atoms with E-state index in [1.54, 1.807) is 24.5 Å². The van der Waals surface area contributed by atoms with Crippen LogP contribution in [0.5, 0.6) is 0 Å². The van der Waals surface area contributed by atoms with Crippen molar-refractivity contribution in [1.29, 1.82) is 5.26 Å². The minimum Gasteiger partial charge on any atom is -0.462 e. The van der Waals surface area contributed by atoms with E-state index in [9.17, 15) is 14.9 Å². The van der Waals surface area contributed by atoms with Crippen molar-refractivity contribution in [2.75, 3.05) is 11.9 Å². The highest BCUT2D eigenvalue weighted by Crippen LogP contribution is 2.33. The first-order valence-electron chi connectivity index (χ1n) is 7.30. The second-order valence-electron chi connectivity index (χ2n) is 4.88. The van der Waals surface area contributed by atoms with E-state index in [1.165, 1.54) is 0 Å². The number of rotatable bonds is 5. The van der Waals surface area contributed by atoms with Crippen LogP contribution in [-0.4, -0.2) is 23.1 Å². The standard InChI is InChI=1S/C16H16BrN3O3S/c1-4-20-8-10(17)6-12(20)14(21)19-15-11(7-18)9(3)13(24-15)16(22)23-5-2/h6,8H,4-5H2,1-3H3,(H,19,21). The van der Waals surface area contributed by atoms with Crippen LogP contribution in [0.1, 0.15) is 45.1 Å². The first-order chi connectivity index (χ1) is 11.4. The first-order valence-corrected chi connectivity index (χ1v) is 8.91. The van der Waals surface area contributed by atoms with Crippen LogP contribution >= 0.6 is 27.3 Å². The minimum absolute atomic E-state index is 0.248. The fraction of sp³-hybridized carbons (Fsp3) is 0.312. The van der Waals surface area contributed by atoms with Crippen LogP contribution < -0.4 is 5.32 Å². The highest BCUT2D eigenvalue weighted by Gasteiger charge is 2.23. The summed E-state index contributed by atoms with van der Waals surface area (Å²) < 4.78 is 7.58. The van der Waals surface area contributed by atoms with Gasteiger partial charge in [-0.25, -0.2) is 4.79 Å². The van der Waals surface area contributed by atoms with Crippen molar-refractivity contribution in [1.82, 2.24) is 4.57 Å². The molecule has 2 aromatic rings. The summed E-state index contributed by atoms with van der Waals surface area (Å²) in [7, 11) is 0. The zero-order chi connectivity index (χ0) is 17.9. The average Bonchev–Trinajstić information content (AvgIpc) is 3.07. The number of nitriles is 1. The molecule has 6 nitrogen and oxygen atoms in total. The maximum Gasteiger partial charge on any atom is 0.348 e. The van der Waals surface area contributed by atoms with Gasteiger partial charge in [-0.2, -0.15) is 5.26 Å². The van der Waals surface area contributed by atoms with Gasteiger partial charge in [-0.15, -0.1) is 11.3 Å². The quantitative estimate of drug-likeness (QED) is 0.757. The number of thiophene rings is 1. The number of nitrogens with zero attached hydrogens (tertiary/aromatic N) is 2. The number of carbonyl (C=O) groups is 2. The molecule has 0 saturated heterocycles. The number of carbonyl (C=O) groups excluding carboxylic acids is 2. The molecule has 126 valence electrons. The smallest absolute Gasteiger partial charge is 0.348 e. The number of amides is 1. The van der Waals surface area contributed by atoms with Crippen LogP contribution in [0.2, 0.25) is 0 Å². The molecule has 0 aromatic carbocycles. The highest BCUT2D eigenvalue weighted by molar-refractivity contribution is 9.10. The summed E-state index contributed by atoms with van der Waals surface area (Å²) in [6, 6.07) is 3.75. The number of ether oxygens (including phenoxy) is 1. The van der Waals surface area contributed by atoms with Gasteiger partial charge in [-0.1, -0.05) is 0 Å². The average molecular weight is 410 g/mol. The van der Waals surface area contributed by atoms with Crippen molar-refractivity contribution in [3.8, 4) is 6.07 Å². The Morgan fingerprint density at radius 1 is 1.46 bits per heavy atom. The van der Waals surface area contributed by atoms with E-state index < -0.39 is 5.97 Å². The molecule has 0 aliphatic carbocycles. The summed E-state index contributed by atoms with van der Waals surface area (Å²) in [6.45, 7) is 6.20. The van der Waals surface area contributed by atoms with Crippen LogP contribution in [0.4, 0.5) is 5.00 Å². The summed E-state index contributed by atoms with van der Waals surface area (Å²) in [5.74, 6) is -0.826. The summed E-state index contributed by atoms with van der Waals surface area (Å²) in [5.41, 5.74) is 1.27. The van der Waals surface area contributed by atoms with Gasteiger partial charge in [0, 0.05) is 17.2 Å². The summed E-state index contributed by atoms with van der Waals surface area (Å²) in [6.07, 6.45) is 1.81. The zero-order valence-corrected chi connectivity index (χ0v) is 15.9. The lowest BCUT2D eigenvalue weighted by molar-refractivity contribution is 0.0531. The van der Waals surface area contributed by atoms with Gasteiger partial charge in [0.2, 0.25) is 0 Å². The van der Waals surface area contributed by atoms with E-state index in [4.69, 9.17) is 4.74 Å². The fourth-order valence-corrected chi connectivity index (χ4v) is 3.73. The molecule has 0 saturated carbocycles. The molecule has 2 aromatic heterocycles. The van der Waals surface area contributed by atoms with Gasteiger partial charge in [0.1, 0.15) is 21.6 Å². The number of aromatic nitrogens is 1. The fourth-order valence-electron chi connectivity index (χ4n) is 2.22. The van der Waals surface area contributed by atoms with Gasteiger partial charge in [0.05, 0.1) is 12.2 Å². The van der Waals surface area contributed by atoms with Crippen molar-refractivity contribution >= 4 is 44.1 Å². The monoisotopic (exact) mass is 409 g/mol. The Morgan fingerprint density at radius 2 is 2.17 bits per heavy atom. The number of hydrogen-bond donors (Lipinski definition) is 1. The first kappa shape index (κ1) is 18.2. The van der Waals surface area contributed by atoms with Crippen LogP contribution in [-0.2, 0) is 11.3 Å². The van der Waals surface area contributed by atoms with E-state index in [1.807, 2.05) is 19.2 Å². The number of anilines is 1. The molecule has 2 heterocycles. The van der Waals surface area contributed by atoms with Gasteiger partial charge in [-0.3, -0.25) is 4.79 Å². The van der Waals surface area contributed by atoms with Crippen LogP contribution in [0.25, 0.3) is 0 Å². The molecule has 24 heavy (non-hydrogen) atoms. The Balaban J connectivity index is 2.35. The molecule has 0 aliphatic rings. The van der Waals surface area contributed by atoms with Gasteiger partial charge in [0.25, 0.3) is 5.91 Å². The molecular formula is C16H16BrN3O3S. The zero-order valence-electron chi connectivity index (χ0n) is 13.5. The van der Waals surface area contributed by atoms with E-state index in [2.05, 4.69) is 21.2 Å². The number of halogens is 1. The number of aryl methyl sites for hydroxylation is 1. The molecule has 0 unspecified atom stereocenters. The summed E-state index contributed by atoms with van der Waals surface area (Å²) in [4.78, 5) is 24.8. The minimum atomic E-state index is -0.489. The van der Waals surface area contributed by atoms with Crippen molar-refractivity contribution in [2.24, 2.45) is 0 Å². The predicted molar refractivity (Wildman–Crippen MR) is 95.5 cm³/mol. The van der Waals surface area contributed by atoms with Crippen LogP contribution in [0, 0.1) is 18.3 Å². The second kappa shape index (κ2) is 7.64. The molecule has 0 spiro atoms. The Hall–Kier alpha value is -2.11. The Labute approximate surface area is 152 Å². The second-order valence-corrected chi connectivity index (χ2v) is 6.81. The predicted octanol–water partition coefficient (Wildman–Crippen LogP) is 3.94. The van der Waals surface area contributed by atoms with Gasteiger partial charge in [-0.05, 0) is 48.3 Å². The SMILES string of the molecule is CCOC(=O)c1sc(NC(=O)c2cc(Br)cn2CC)c(C#N)c1C. The normalized spacial score (nSPS) is 10.3. The van der Waals surface area contributed by atoms with Gasteiger partial charge in [0.15, 0.2) is 0 Å². The summed E-state index contributed by atoms with van der Waals surface area (Å²) >= 11 is 4.40.